The summed E-state index contributed by atoms with van der Waals surface area (Å²) in [5, 5.41) is 9.05. The van der Waals surface area contributed by atoms with E-state index in [9.17, 15) is 13.2 Å². The van der Waals surface area contributed by atoms with Crippen LogP contribution in [-0.2, 0) is 14.6 Å². The molecule has 0 radical (unpaired) electrons. The Labute approximate surface area is 140 Å². The number of likely N-dealkylation sites (N-methyl/N-ethyl adjacent to an activating group) is 1. The number of amides is 1. The highest BCUT2D eigenvalue weighted by atomic mass is 35.5. The Bertz CT molecular complexity index is 757. The van der Waals surface area contributed by atoms with Crippen molar-refractivity contribution >= 4 is 27.3 Å². The van der Waals surface area contributed by atoms with Crippen molar-refractivity contribution in [3.05, 3.63) is 28.8 Å². The first-order valence-corrected chi connectivity index (χ1v) is 9.27. The number of benzene rings is 1. The van der Waals surface area contributed by atoms with Crippen molar-refractivity contribution in [2.24, 2.45) is 0 Å². The van der Waals surface area contributed by atoms with Crippen LogP contribution < -0.4 is 4.74 Å². The molecule has 1 heterocycles. The lowest BCUT2D eigenvalue weighted by Crippen LogP contribution is -2.44. The Morgan fingerprint density at radius 3 is 2.74 bits per heavy atom. The van der Waals surface area contributed by atoms with Gasteiger partial charge in [0.2, 0.25) is 0 Å². The molecule has 1 aromatic carbocycles. The van der Waals surface area contributed by atoms with Crippen molar-refractivity contribution in [1.82, 2.24) is 4.90 Å². The first-order valence-electron chi connectivity index (χ1n) is 7.07. The average Bonchev–Trinajstić information content (AvgIpc) is 2.87. The lowest BCUT2D eigenvalue weighted by molar-refractivity contribution is -0.138. The first kappa shape index (κ1) is 17.6. The van der Waals surface area contributed by atoms with Crippen LogP contribution in [0, 0.1) is 11.3 Å². The summed E-state index contributed by atoms with van der Waals surface area (Å²) in [4.78, 5) is 13.8. The van der Waals surface area contributed by atoms with Crippen LogP contribution in [-0.4, -0.2) is 49.9 Å². The largest absolute Gasteiger partial charge is 0.479 e. The van der Waals surface area contributed by atoms with E-state index in [0.29, 0.717) is 17.7 Å². The summed E-state index contributed by atoms with van der Waals surface area (Å²) in [6, 6.07) is 6.18. The molecule has 0 spiro atoms. The Kier molecular flexibility index (Phi) is 5.17. The number of rotatable bonds is 4. The molecule has 1 saturated heterocycles. The van der Waals surface area contributed by atoms with Crippen LogP contribution in [0.25, 0.3) is 0 Å². The van der Waals surface area contributed by atoms with Crippen molar-refractivity contribution in [3.8, 4) is 11.8 Å². The second-order valence-corrected chi connectivity index (χ2v) is 8.16. The van der Waals surface area contributed by atoms with E-state index in [1.807, 2.05) is 6.07 Å². The molecular weight excluding hydrogens is 340 g/mol. The SMILES string of the molecule is C[C@@H](Oc1ccc(C#N)cc1Cl)C(=O)N(C)[C@@H]1CCS(=O)(=O)C1. The van der Waals surface area contributed by atoms with Gasteiger partial charge in [-0.1, -0.05) is 11.6 Å². The van der Waals surface area contributed by atoms with E-state index in [1.165, 1.54) is 17.0 Å². The summed E-state index contributed by atoms with van der Waals surface area (Å²) < 4.78 is 28.6. The highest BCUT2D eigenvalue weighted by Gasteiger charge is 2.34. The van der Waals surface area contributed by atoms with E-state index in [4.69, 9.17) is 21.6 Å². The Hall–Kier alpha value is -1.78. The minimum absolute atomic E-state index is 0.0143. The number of ether oxygens (including phenoxy) is 1. The molecule has 1 aliphatic heterocycles. The molecule has 0 unspecified atom stereocenters. The fourth-order valence-corrected chi connectivity index (χ4v) is 4.45. The Morgan fingerprint density at radius 1 is 1.52 bits per heavy atom. The normalized spacial score (nSPS) is 20.5. The summed E-state index contributed by atoms with van der Waals surface area (Å²) in [6.45, 7) is 1.58. The standard InChI is InChI=1S/C15H17ClN2O4S/c1-10(22-14-4-3-11(8-17)7-13(14)16)15(19)18(2)12-5-6-23(20,21)9-12/h3-4,7,10,12H,5-6,9H2,1-2H3/t10-,12-/m1/s1. The highest BCUT2D eigenvalue weighted by Crippen LogP contribution is 2.27. The molecule has 0 N–H and O–H groups in total. The molecule has 2 atom stereocenters. The van der Waals surface area contributed by atoms with E-state index < -0.39 is 15.9 Å². The fourth-order valence-electron chi connectivity index (χ4n) is 2.45. The number of hydrogen-bond donors (Lipinski definition) is 0. The van der Waals surface area contributed by atoms with E-state index in [-0.39, 0.29) is 28.5 Å². The summed E-state index contributed by atoms with van der Waals surface area (Å²) >= 11 is 6.02. The summed E-state index contributed by atoms with van der Waals surface area (Å²) in [5.41, 5.74) is 0.398. The quantitative estimate of drug-likeness (QED) is 0.818. The van der Waals surface area contributed by atoms with Gasteiger partial charge in [0.15, 0.2) is 15.9 Å². The third-order valence-corrected chi connectivity index (χ3v) is 5.86. The number of carbonyl (C=O) groups excluding carboxylic acids is 1. The van der Waals surface area contributed by atoms with Crippen LogP contribution in [0.1, 0.15) is 18.9 Å². The molecule has 0 bridgehead atoms. The monoisotopic (exact) mass is 356 g/mol. The molecule has 23 heavy (non-hydrogen) atoms. The Balaban J connectivity index is 2.04. The fraction of sp³-hybridized carbons (Fsp3) is 0.467. The highest BCUT2D eigenvalue weighted by molar-refractivity contribution is 7.91. The zero-order valence-corrected chi connectivity index (χ0v) is 14.4. The zero-order chi connectivity index (χ0) is 17.2. The van der Waals surface area contributed by atoms with E-state index in [0.717, 1.165) is 0 Å². The first-order chi connectivity index (χ1) is 10.7. The van der Waals surface area contributed by atoms with Crippen molar-refractivity contribution < 1.29 is 17.9 Å². The smallest absolute Gasteiger partial charge is 0.263 e. The second kappa shape index (κ2) is 6.77. The van der Waals surface area contributed by atoms with Crippen LogP contribution in [0.5, 0.6) is 5.75 Å². The third-order valence-electron chi connectivity index (χ3n) is 3.82. The molecular formula is C15H17ClN2O4S. The van der Waals surface area contributed by atoms with Crippen LogP contribution in [0.2, 0.25) is 5.02 Å². The lowest BCUT2D eigenvalue weighted by Gasteiger charge is -2.27. The van der Waals surface area contributed by atoms with E-state index >= 15 is 0 Å². The molecule has 0 aliphatic carbocycles. The van der Waals surface area contributed by atoms with Crippen LogP contribution in [0.15, 0.2) is 18.2 Å². The van der Waals surface area contributed by atoms with Gasteiger partial charge in [0.25, 0.3) is 5.91 Å². The van der Waals surface area contributed by atoms with Gasteiger partial charge in [-0.25, -0.2) is 8.42 Å². The maximum atomic E-state index is 12.4. The topological polar surface area (TPSA) is 87.5 Å². The minimum Gasteiger partial charge on any atom is -0.479 e. The van der Waals surface area contributed by atoms with Gasteiger partial charge in [0.05, 0.1) is 28.2 Å². The second-order valence-electron chi connectivity index (χ2n) is 5.52. The van der Waals surface area contributed by atoms with Crippen molar-refractivity contribution in [2.45, 2.75) is 25.5 Å². The number of halogens is 1. The summed E-state index contributed by atoms with van der Waals surface area (Å²) in [5.74, 6) is 0.0810. The summed E-state index contributed by atoms with van der Waals surface area (Å²) in [7, 11) is -1.48. The Morgan fingerprint density at radius 2 is 2.22 bits per heavy atom. The zero-order valence-electron chi connectivity index (χ0n) is 12.8. The minimum atomic E-state index is -3.06. The van der Waals surface area contributed by atoms with Gasteiger partial charge in [0.1, 0.15) is 5.75 Å². The molecule has 2 rings (SSSR count). The predicted octanol–water partition coefficient (Wildman–Crippen LogP) is 1.62. The maximum absolute atomic E-state index is 12.4. The van der Waals surface area contributed by atoms with Gasteiger partial charge in [-0.05, 0) is 31.5 Å². The third kappa shape index (κ3) is 4.15. The van der Waals surface area contributed by atoms with Crippen molar-refractivity contribution in [1.29, 1.82) is 5.26 Å². The molecule has 6 nitrogen and oxygen atoms in total. The molecule has 124 valence electrons. The van der Waals surface area contributed by atoms with Gasteiger partial charge in [-0.2, -0.15) is 5.26 Å². The number of carbonyl (C=O) groups is 1. The molecule has 1 aliphatic rings. The van der Waals surface area contributed by atoms with E-state index in [1.54, 1.807) is 20.0 Å². The lowest BCUT2D eigenvalue weighted by atomic mass is 10.2. The van der Waals surface area contributed by atoms with Crippen molar-refractivity contribution in [3.63, 3.8) is 0 Å². The van der Waals surface area contributed by atoms with Gasteiger partial charge in [-0.3, -0.25) is 4.79 Å². The van der Waals surface area contributed by atoms with E-state index in [2.05, 4.69) is 0 Å². The molecule has 1 amide bonds. The summed E-state index contributed by atoms with van der Waals surface area (Å²) in [6.07, 6.45) is -0.372. The molecule has 0 aromatic heterocycles. The number of nitriles is 1. The van der Waals surface area contributed by atoms with Crippen LogP contribution in [0.3, 0.4) is 0 Å². The molecule has 1 aromatic rings. The molecule has 8 heteroatoms. The maximum Gasteiger partial charge on any atom is 0.263 e. The molecule has 0 saturated carbocycles. The van der Waals surface area contributed by atoms with Gasteiger partial charge in [-0.15, -0.1) is 0 Å². The predicted molar refractivity (Wildman–Crippen MR) is 86.1 cm³/mol. The van der Waals surface area contributed by atoms with Gasteiger partial charge >= 0.3 is 0 Å². The van der Waals surface area contributed by atoms with Crippen LogP contribution >= 0.6 is 11.6 Å². The van der Waals surface area contributed by atoms with Gasteiger partial charge < -0.3 is 9.64 Å². The average molecular weight is 357 g/mol. The van der Waals surface area contributed by atoms with Gasteiger partial charge in [0, 0.05) is 13.1 Å². The number of sulfone groups is 1. The molecule has 1 fully saturated rings. The number of hydrogen-bond acceptors (Lipinski definition) is 5. The number of nitrogens with zero attached hydrogens (tertiary/aromatic N) is 2. The van der Waals surface area contributed by atoms with Crippen LogP contribution in [0.4, 0.5) is 0 Å². The van der Waals surface area contributed by atoms with Crippen molar-refractivity contribution in [2.75, 3.05) is 18.6 Å².